The molecule has 0 bridgehead atoms. The Morgan fingerprint density at radius 1 is 1.50 bits per heavy atom. The van der Waals surface area contributed by atoms with Crippen molar-refractivity contribution in [2.75, 3.05) is 12.4 Å². The van der Waals surface area contributed by atoms with E-state index in [1.165, 1.54) is 0 Å². The Labute approximate surface area is 77.5 Å². The van der Waals surface area contributed by atoms with Crippen LogP contribution in [-0.2, 0) is 13.8 Å². The Kier molecular flexibility index (Phi) is 3.37. The van der Waals surface area contributed by atoms with Gasteiger partial charge in [-0.25, -0.2) is 8.42 Å². The Bertz CT molecular complexity index is 231. The van der Waals surface area contributed by atoms with Gasteiger partial charge in [-0.15, -0.1) is 0 Å². The third-order valence-electron chi connectivity index (χ3n) is 2.03. The molecule has 1 aliphatic carbocycles. The molecule has 0 aliphatic heterocycles. The molecule has 1 saturated carbocycles. The highest BCUT2D eigenvalue weighted by Crippen LogP contribution is 2.31. The van der Waals surface area contributed by atoms with E-state index in [9.17, 15) is 8.42 Å². The van der Waals surface area contributed by atoms with Gasteiger partial charge in [-0.2, -0.15) is 0 Å². The predicted molar refractivity (Wildman–Crippen MR) is 47.8 cm³/mol. The molecule has 5 heteroatoms. The average molecular weight is 213 g/mol. The molecule has 1 aliphatic rings. The van der Waals surface area contributed by atoms with Crippen LogP contribution in [0.1, 0.15) is 19.8 Å². The van der Waals surface area contributed by atoms with Gasteiger partial charge in [-0.1, -0.05) is 0 Å². The zero-order valence-corrected chi connectivity index (χ0v) is 8.57. The van der Waals surface area contributed by atoms with Crippen LogP contribution >= 0.6 is 10.7 Å². The lowest BCUT2D eigenvalue weighted by atomic mass is 9.84. The van der Waals surface area contributed by atoms with Crippen molar-refractivity contribution in [1.29, 1.82) is 0 Å². The summed E-state index contributed by atoms with van der Waals surface area (Å²) in [5.41, 5.74) is 0. The van der Waals surface area contributed by atoms with E-state index in [2.05, 4.69) is 0 Å². The van der Waals surface area contributed by atoms with Gasteiger partial charge in [0.25, 0.3) is 0 Å². The van der Waals surface area contributed by atoms with Crippen LogP contribution in [0.5, 0.6) is 0 Å². The van der Waals surface area contributed by atoms with Crippen LogP contribution in [0.15, 0.2) is 0 Å². The molecule has 0 atom stereocenters. The topological polar surface area (TPSA) is 43.4 Å². The highest BCUT2D eigenvalue weighted by atomic mass is 35.7. The standard InChI is InChI=1S/C7H13ClO3S/c1-2-11-7-3-6(4-7)5-12(8,9)10/h6-7H,2-5H2,1H3. The van der Waals surface area contributed by atoms with Crippen LogP contribution in [0.3, 0.4) is 0 Å². The third-order valence-corrected chi connectivity index (χ3v) is 3.28. The highest BCUT2D eigenvalue weighted by Gasteiger charge is 2.32. The number of rotatable bonds is 4. The maximum absolute atomic E-state index is 10.6. The van der Waals surface area contributed by atoms with E-state index in [4.69, 9.17) is 15.4 Å². The summed E-state index contributed by atoms with van der Waals surface area (Å²) in [5.74, 6) is 0.307. The van der Waals surface area contributed by atoms with Gasteiger partial charge in [0.05, 0.1) is 11.9 Å². The lowest BCUT2D eigenvalue weighted by molar-refractivity contribution is -0.0179. The molecule has 0 aromatic rings. The van der Waals surface area contributed by atoms with Crippen LogP contribution in [0.25, 0.3) is 0 Å². The Hall–Kier alpha value is 0.200. The van der Waals surface area contributed by atoms with Crippen molar-refractivity contribution in [1.82, 2.24) is 0 Å². The molecule has 1 fully saturated rings. The van der Waals surface area contributed by atoms with Crippen LogP contribution in [0, 0.1) is 5.92 Å². The van der Waals surface area contributed by atoms with E-state index in [0.29, 0.717) is 6.61 Å². The molecular weight excluding hydrogens is 200 g/mol. The summed E-state index contributed by atoms with van der Waals surface area (Å²) < 4.78 is 26.5. The van der Waals surface area contributed by atoms with Gasteiger partial charge < -0.3 is 4.74 Å². The summed E-state index contributed by atoms with van der Waals surface area (Å²) in [6.07, 6.45) is 1.93. The van der Waals surface area contributed by atoms with Crippen molar-refractivity contribution in [3.8, 4) is 0 Å². The fraction of sp³-hybridized carbons (Fsp3) is 1.00. The van der Waals surface area contributed by atoms with Crippen LogP contribution in [-0.4, -0.2) is 26.9 Å². The molecule has 0 unspecified atom stereocenters. The van der Waals surface area contributed by atoms with Crippen LogP contribution in [0.4, 0.5) is 0 Å². The first-order valence-electron chi connectivity index (χ1n) is 4.05. The first-order chi connectivity index (χ1) is 5.51. The molecule has 3 nitrogen and oxygen atoms in total. The van der Waals surface area contributed by atoms with Crippen molar-refractivity contribution >= 4 is 19.7 Å². The van der Waals surface area contributed by atoms with Gasteiger partial charge in [0, 0.05) is 17.3 Å². The van der Waals surface area contributed by atoms with Gasteiger partial charge in [0.15, 0.2) is 0 Å². The molecule has 0 heterocycles. The fourth-order valence-corrected chi connectivity index (χ4v) is 2.83. The number of ether oxygens (including phenoxy) is 1. The summed E-state index contributed by atoms with van der Waals surface area (Å²) in [6, 6.07) is 0. The Balaban J connectivity index is 2.18. The second-order valence-corrected chi connectivity index (χ2v) is 5.94. The molecule has 1 rings (SSSR count). The Morgan fingerprint density at radius 3 is 2.50 bits per heavy atom. The average Bonchev–Trinajstić information content (AvgIpc) is 1.80. The highest BCUT2D eigenvalue weighted by molar-refractivity contribution is 8.13. The molecule has 0 amide bonds. The van der Waals surface area contributed by atoms with Gasteiger partial charge >= 0.3 is 0 Å². The molecule has 12 heavy (non-hydrogen) atoms. The van der Waals surface area contributed by atoms with E-state index in [1.54, 1.807) is 0 Å². The molecule has 0 radical (unpaired) electrons. The summed E-state index contributed by atoms with van der Waals surface area (Å²) in [7, 11) is 1.79. The number of halogens is 1. The summed E-state index contributed by atoms with van der Waals surface area (Å²) in [4.78, 5) is 0. The minimum atomic E-state index is -3.31. The molecular formula is C7H13ClO3S. The second-order valence-electron chi connectivity index (χ2n) is 3.12. The summed E-state index contributed by atoms with van der Waals surface area (Å²) in [5, 5.41) is 0. The Morgan fingerprint density at radius 2 is 2.08 bits per heavy atom. The lowest BCUT2D eigenvalue weighted by Crippen LogP contribution is -2.34. The van der Waals surface area contributed by atoms with Crippen molar-refractivity contribution in [3.05, 3.63) is 0 Å². The van der Waals surface area contributed by atoms with Crippen LogP contribution < -0.4 is 0 Å². The van der Waals surface area contributed by atoms with Crippen molar-refractivity contribution in [2.45, 2.75) is 25.9 Å². The first kappa shape index (κ1) is 10.3. The van der Waals surface area contributed by atoms with Gasteiger partial charge in [0.1, 0.15) is 0 Å². The molecule has 0 saturated heterocycles. The molecule has 0 aromatic heterocycles. The third kappa shape index (κ3) is 3.29. The molecule has 0 N–H and O–H groups in total. The summed E-state index contributed by atoms with van der Waals surface area (Å²) >= 11 is 0. The normalized spacial score (nSPS) is 29.8. The largest absolute Gasteiger partial charge is 0.378 e. The van der Waals surface area contributed by atoms with E-state index < -0.39 is 9.05 Å². The maximum atomic E-state index is 10.6. The monoisotopic (exact) mass is 212 g/mol. The predicted octanol–water partition coefficient (Wildman–Crippen LogP) is 1.37. The van der Waals surface area contributed by atoms with E-state index in [0.717, 1.165) is 12.8 Å². The van der Waals surface area contributed by atoms with Crippen LogP contribution in [0.2, 0.25) is 0 Å². The van der Waals surface area contributed by atoms with E-state index in [1.807, 2.05) is 6.92 Å². The summed E-state index contributed by atoms with van der Waals surface area (Å²) in [6.45, 7) is 2.64. The first-order valence-corrected chi connectivity index (χ1v) is 6.53. The number of hydrogen-bond donors (Lipinski definition) is 0. The minimum Gasteiger partial charge on any atom is -0.378 e. The molecule has 0 spiro atoms. The smallest absolute Gasteiger partial charge is 0.232 e. The van der Waals surface area contributed by atoms with Gasteiger partial charge in [-0.3, -0.25) is 0 Å². The zero-order chi connectivity index (χ0) is 9.19. The second kappa shape index (κ2) is 3.94. The fourth-order valence-electron chi connectivity index (χ4n) is 1.46. The van der Waals surface area contributed by atoms with Crippen molar-refractivity contribution in [3.63, 3.8) is 0 Å². The number of hydrogen-bond acceptors (Lipinski definition) is 3. The quantitative estimate of drug-likeness (QED) is 0.662. The van der Waals surface area contributed by atoms with E-state index in [-0.39, 0.29) is 17.8 Å². The minimum absolute atomic E-state index is 0.0954. The molecule has 72 valence electrons. The van der Waals surface area contributed by atoms with Crippen molar-refractivity contribution in [2.24, 2.45) is 5.92 Å². The van der Waals surface area contributed by atoms with Gasteiger partial charge in [0.2, 0.25) is 9.05 Å². The van der Waals surface area contributed by atoms with Crippen molar-refractivity contribution < 1.29 is 13.2 Å². The van der Waals surface area contributed by atoms with E-state index >= 15 is 0 Å². The van der Waals surface area contributed by atoms with Gasteiger partial charge in [-0.05, 0) is 25.7 Å². The SMILES string of the molecule is CCOC1CC(CS(=O)(=O)Cl)C1. The zero-order valence-electron chi connectivity index (χ0n) is 6.99. The molecule has 0 aromatic carbocycles. The maximum Gasteiger partial charge on any atom is 0.232 e. The lowest BCUT2D eigenvalue weighted by Gasteiger charge is -2.33.